The summed E-state index contributed by atoms with van der Waals surface area (Å²) in [5.74, 6) is 0.354. The number of amides is 1. The third-order valence-corrected chi connectivity index (χ3v) is 5.07. The molecule has 1 aliphatic rings. The monoisotopic (exact) mass is 369 g/mol. The standard InChI is InChI=1S/C22H19N5O/c1-14-21(15-5-6-15)26-20-10-8-17(13-27(14)20)25-22(28)19-9-7-16(12-24-19)18-4-2-3-11-23-18/h2-4,7-13,15H,5-6H2,1H3,(H,25,28). The van der Waals surface area contributed by atoms with E-state index < -0.39 is 0 Å². The van der Waals surface area contributed by atoms with Crippen molar-refractivity contribution in [3.8, 4) is 11.3 Å². The van der Waals surface area contributed by atoms with Crippen molar-refractivity contribution in [1.29, 1.82) is 0 Å². The molecule has 6 nitrogen and oxygen atoms in total. The van der Waals surface area contributed by atoms with E-state index in [4.69, 9.17) is 4.98 Å². The minimum atomic E-state index is -0.243. The maximum Gasteiger partial charge on any atom is 0.274 e. The maximum atomic E-state index is 12.6. The number of nitrogens with zero attached hydrogens (tertiary/aromatic N) is 4. The Morgan fingerprint density at radius 2 is 2.00 bits per heavy atom. The Balaban J connectivity index is 1.37. The molecule has 1 saturated carbocycles. The van der Waals surface area contributed by atoms with Gasteiger partial charge in [-0.1, -0.05) is 6.07 Å². The second-order valence-electron chi connectivity index (χ2n) is 7.10. The van der Waals surface area contributed by atoms with Crippen LogP contribution in [0.4, 0.5) is 5.69 Å². The van der Waals surface area contributed by atoms with Crippen LogP contribution in [-0.4, -0.2) is 25.3 Å². The van der Waals surface area contributed by atoms with E-state index in [1.807, 2.05) is 47.0 Å². The number of carbonyl (C=O) groups is 1. The summed E-state index contributed by atoms with van der Waals surface area (Å²) < 4.78 is 2.04. The number of aryl methyl sites for hydroxylation is 1. The lowest BCUT2D eigenvalue weighted by Gasteiger charge is -2.07. The van der Waals surface area contributed by atoms with E-state index in [-0.39, 0.29) is 5.91 Å². The zero-order valence-corrected chi connectivity index (χ0v) is 15.5. The van der Waals surface area contributed by atoms with Gasteiger partial charge >= 0.3 is 0 Å². The van der Waals surface area contributed by atoms with Crippen LogP contribution in [0.25, 0.3) is 16.9 Å². The summed E-state index contributed by atoms with van der Waals surface area (Å²) >= 11 is 0. The molecule has 5 rings (SSSR count). The normalized spacial score (nSPS) is 13.6. The molecular weight excluding hydrogens is 350 g/mol. The largest absolute Gasteiger partial charge is 0.319 e. The first-order valence-corrected chi connectivity index (χ1v) is 9.36. The molecule has 0 spiro atoms. The van der Waals surface area contributed by atoms with Crippen LogP contribution < -0.4 is 5.32 Å². The van der Waals surface area contributed by atoms with Gasteiger partial charge in [0.1, 0.15) is 11.3 Å². The van der Waals surface area contributed by atoms with Crippen LogP contribution in [0.15, 0.2) is 61.1 Å². The summed E-state index contributed by atoms with van der Waals surface area (Å²) in [6.07, 6.45) is 7.76. The van der Waals surface area contributed by atoms with E-state index in [1.165, 1.54) is 18.5 Å². The number of rotatable bonds is 4. The minimum absolute atomic E-state index is 0.243. The number of fused-ring (bicyclic) bond motifs is 1. The predicted octanol–water partition coefficient (Wildman–Crippen LogP) is 4.23. The first kappa shape index (κ1) is 16.6. The van der Waals surface area contributed by atoms with E-state index in [9.17, 15) is 4.79 Å². The third-order valence-electron chi connectivity index (χ3n) is 5.07. The van der Waals surface area contributed by atoms with Gasteiger partial charge in [0.2, 0.25) is 0 Å². The van der Waals surface area contributed by atoms with Gasteiger partial charge in [0.05, 0.1) is 17.1 Å². The molecule has 0 aromatic carbocycles. The van der Waals surface area contributed by atoms with E-state index in [0.717, 1.165) is 28.3 Å². The van der Waals surface area contributed by atoms with Crippen molar-refractivity contribution in [2.75, 3.05) is 5.32 Å². The number of carbonyl (C=O) groups excluding carboxylic acids is 1. The van der Waals surface area contributed by atoms with Crippen LogP contribution in [0.3, 0.4) is 0 Å². The zero-order chi connectivity index (χ0) is 19.1. The fourth-order valence-corrected chi connectivity index (χ4v) is 3.41. The molecule has 4 heterocycles. The Bertz CT molecular complexity index is 1160. The topological polar surface area (TPSA) is 72.2 Å². The van der Waals surface area contributed by atoms with Crippen LogP contribution in [0.5, 0.6) is 0 Å². The second-order valence-corrected chi connectivity index (χ2v) is 7.10. The maximum absolute atomic E-state index is 12.6. The Hall–Kier alpha value is -3.54. The SMILES string of the molecule is Cc1c(C2CC2)nc2ccc(NC(=O)c3ccc(-c4ccccn4)cn3)cn12. The van der Waals surface area contributed by atoms with Crippen LogP contribution in [0.1, 0.15) is 40.6 Å². The van der Waals surface area contributed by atoms with Gasteiger partial charge in [-0.2, -0.15) is 0 Å². The smallest absolute Gasteiger partial charge is 0.274 e. The van der Waals surface area contributed by atoms with Crippen molar-refractivity contribution in [3.05, 3.63) is 78.1 Å². The lowest BCUT2D eigenvalue weighted by molar-refractivity contribution is 0.102. The lowest BCUT2D eigenvalue weighted by Crippen LogP contribution is -2.14. The predicted molar refractivity (Wildman–Crippen MR) is 107 cm³/mol. The molecule has 0 unspecified atom stereocenters. The van der Waals surface area contributed by atoms with Gasteiger partial charge < -0.3 is 9.72 Å². The van der Waals surface area contributed by atoms with Gasteiger partial charge in [-0.15, -0.1) is 0 Å². The number of anilines is 1. The number of hydrogen-bond acceptors (Lipinski definition) is 4. The van der Waals surface area contributed by atoms with Crippen LogP contribution in [-0.2, 0) is 0 Å². The number of nitrogens with one attached hydrogen (secondary N) is 1. The highest BCUT2D eigenvalue weighted by Gasteiger charge is 2.28. The van der Waals surface area contributed by atoms with Crippen molar-refractivity contribution in [1.82, 2.24) is 19.4 Å². The molecule has 4 aromatic rings. The Kier molecular flexibility index (Phi) is 3.90. The van der Waals surface area contributed by atoms with E-state index in [0.29, 0.717) is 11.6 Å². The highest BCUT2D eigenvalue weighted by Crippen LogP contribution is 2.41. The number of hydrogen-bond donors (Lipinski definition) is 1. The molecule has 0 radical (unpaired) electrons. The molecule has 4 aromatic heterocycles. The molecule has 1 amide bonds. The summed E-state index contributed by atoms with van der Waals surface area (Å²) in [7, 11) is 0. The van der Waals surface area contributed by atoms with Crippen LogP contribution in [0, 0.1) is 6.92 Å². The highest BCUT2D eigenvalue weighted by atomic mass is 16.1. The molecule has 0 aliphatic heterocycles. The van der Waals surface area contributed by atoms with Gasteiger partial charge in [-0.25, -0.2) is 4.98 Å². The molecule has 1 aliphatic carbocycles. The molecule has 0 saturated heterocycles. The lowest BCUT2D eigenvalue weighted by atomic mass is 10.2. The second kappa shape index (κ2) is 6.56. The number of aromatic nitrogens is 4. The average molecular weight is 369 g/mol. The fourth-order valence-electron chi connectivity index (χ4n) is 3.41. The Morgan fingerprint density at radius 1 is 1.11 bits per heavy atom. The van der Waals surface area contributed by atoms with Gasteiger partial charge in [0.15, 0.2) is 0 Å². The molecule has 138 valence electrons. The van der Waals surface area contributed by atoms with E-state index in [1.54, 1.807) is 18.5 Å². The molecule has 28 heavy (non-hydrogen) atoms. The summed E-state index contributed by atoms with van der Waals surface area (Å²) in [5.41, 5.74) is 6.02. The van der Waals surface area contributed by atoms with Gasteiger partial charge in [-0.3, -0.25) is 14.8 Å². The molecule has 1 N–H and O–H groups in total. The molecule has 1 fully saturated rings. The van der Waals surface area contributed by atoms with Crippen LogP contribution >= 0.6 is 0 Å². The first-order valence-electron chi connectivity index (χ1n) is 9.36. The van der Waals surface area contributed by atoms with Crippen LogP contribution in [0.2, 0.25) is 0 Å². The number of pyridine rings is 3. The summed E-state index contributed by atoms with van der Waals surface area (Å²) in [5, 5.41) is 2.93. The molecule has 6 heteroatoms. The highest BCUT2D eigenvalue weighted by molar-refractivity contribution is 6.03. The third kappa shape index (κ3) is 3.03. The van der Waals surface area contributed by atoms with E-state index >= 15 is 0 Å². The van der Waals surface area contributed by atoms with Crippen molar-refractivity contribution >= 4 is 17.2 Å². The summed E-state index contributed by atoms with van der Waals surface area (Å²) in [4.78, 5) is 25.9. The van der Waals surface area contributed by atoms with Crippen molar-refractivity contribution in [2.45, 2.75) is 25.7 Å². The quantitative estimate of drug-likeness (QED) is 0.584. The van der Waals surface area contributed by atoms with Crippen molar-refractivity contribution in [3.63, 3.8) is 0 Å². The van der Waals surface area contributed by atoms with E-state index in [2.05, 4.69) is 22.2 Å². The summed E-state index contributed by atoms with van der Waals surface area (Å²) in [6, 6.07) is 13.1. The van der Waals surface area contributed by atoms with Gasteiger partial charge in [0, 0.05) is 35.8 Å². The van der Waals surface area contributed by atoms with Crippen molar-refractivity contribution < 1.29 is 4.79 Å². The molecule has 0 atom stereocenters. The fraction of sp³-hybridized carbons (Fsp3) is 0.182. The van der Waals surface area contributed by atoms with Gasteiger partial charge in [-0.05, 0) is 56.2 Å². The number of imidazole rings is 1. The average Bonchev–Trinajstić information content (AvgIpc) is 3.53. The molecule has 0 bridgehead atoms. The first-order chi connectivity index (χ1) is 13.7. The molecular formula is C22H19N5O. The van der Waals surface area contributed by atoms with Gasteiger partial charge in [0.25, 0.3) is 5.91 Å². The van der Waals surface area contributed by atoms with Crippen molar-refractivity contribution in [2.24, 2.45) is 0 Å². The Labute approximate surface area is 162 Å². The Morgan fingerprint density at radius 3 is 2.71 bits per heavy atom. The summed E-state index contributed by atoms with van der Waals surface area (Å²) in [6.45, 7) is 2.08. The zero-order valence-electron chi connectivity index (χ0n) is 15.5. The minimum Gasteiger partial charge on any atom is -0.319 e.